The first kappa shape index (κ1) is 12.5. The lowest BCUT2D eigenvalue weighted by molar-refractivity contribution is 0.153. The molecular formula is C12H19N3OS. The van der Waals surface area contributed by atoms with Crippen molar-refractivity contribution in [2.75, 3.05) is 25.1 Å². The summed E-state index contributed by atoms with van der Waals surface area (Å²) in [6, 6.07) is 0. The number of hydrogen-bond acceptors (Lipinski definition) is 5. The molecule has 1 aromatic rings. The van der Waals surface area contributed by atoms with E-state index in [1.165, 1.54) is 5.57 Å². The van der Waals surface area contributed by atoms with Gasteiger partial charge in [0.2, 0.25) is 5.13 Å². The third kappa shape index (κ3) is 4.09. The van der Waals surface area contributed by atoms with E-state index in [1.54, 1.807) is 11.3 Å². The minimum absolute atomic E-state index is 0.773. The third-order valence-corrected chi connectivity index (χ3v) is 3.65. The summed E-state index contributed by atoms with van der Waals surface area (Å²) < 4.78 is 5.28. The Hall–Kier alpha value is -0.940. The van der Waals surface area contributed by atoms with Crippen LogP contribution in [-0.2, 0) is 11.2 Å². The molecule has 0 unspecified atom stereocenters. The van der Waals surface area contributed by atoms with Gasteiger partial charge in [0.05, 0.1) is 13.2 Å². The predicted octanol–water partition coefficient (Wildman–Crippen LogP) is 2.64. The lowest BCUT2D eigenvalue weighted by atomic mass is 10.1. The first-order chi connectivity index (χ1) is 8.38. The van der Waals surface area contributed by atoms with E-state index < -0.39 is 0 Å². The quantitative estimate of drug-likeness (QED) is 0.792. The highest BCUT2D eigenvalue weighted by Gasteiger charge is 2.05. The second-order valence-corrected chi connectivity index (χ2v) is 5.18. The standard InChI is InChI=1S/C12H19N3OS/c1-2-3-11-14-15-12(17-11)13-7-4-10-5-8-16-9-6-10/h5H,2-4,6-9H2,1H3,(H,13,15). The molecule has 0 saturated carbocycles. The number of aryl methyl sites for hydroxylation is 1. The molecule has 94 valence electrons. The van der Waals surface area contributed by atoms with Gasteiger partial charge in [0.1, 0.15) is 5.01 Å². The van der Waals surface area contributed by atoms with Gasteiger partial charge in [0, 0.05) is 13.0 Å². The summed E-state index contributed by atoms with van der Waals surface area (Å²) in [5, 5.41) is 13.7. The number of nitrogens with one attached hydrogen (secondary N) is 1. The average molecular weight is 253 g/mol. The molecule has 1 aliphatic rings. The smallest absolute Gasteiger partial charge is 0.205 e. The van der Waals surface area contributed by atoms with Crippen LogP contribution in [0.15, 0.2) is 11.6 Å². The Balaban J connectivity index is 1.71. The highest BCUT2D eigenvalue weighted by atomic mass is 32.1. The number of rotatable bonds is 6. The monoisotopic (exact) mass is 253 g/mol. The molecule has 1 aromatic heterocycles. The summed E-state index contributed by atoms with van der Waals surface area (Å²) in [6.07, 6.45) is 6.49. The van der Waals surface area contributed by atoms with Gasteiger partial charge in [-0.15, -0.1) is 10.2 Å². The van der Waals surface area contributed by atoms with E-state index in [9.17, 15) is 0 Å². The van der Waals surface area contributed by atoms with Crippen LogP contribution in [0, 0.1) is 0 Å². The van der Waals surface area contributed by atoms with Gasteiger partial charge in [-0.3, -0.25) is 0 Å². The lowest BCUT2D eigenvalue weighted by Gasteiger charge is -2.13. The molecule has 4 nitrogen and oxygen atoms in total. The molecule has 0 aliphatic carbocycles. The van der Waals surface area contributed by atoms with Gasteiger partial charge >= 0.3 is 0 Å². The number of nitrogens with zero attached hydrogens (tertiary/aromatic N) is 2. The van der Waals surface area contributed by atoms with Crippen LogP contribution < -0.4 is 5.32 Å². The van der Waals surface area contributed by atoms with Gasteiger partial charge in [-0.25, -0.2) is 0 Å². The second kappa shape index (κ2) is 6.71. The van der Waals surface area contributed by atoms with Gasteiger partial charge in [-0.05, 0) is 19.3 Å². The maximum Gasteiger partial charge on any atom is 0.205 e. The number of aromatic nitrogens is 2. The summed E-state index contributed by atoms with van der Waals surface area (Å²) in [4.78, 5) is 0. The van der Waals surface area contributed by atoms with Crippen molar-refractivity contribution in [3.05, 3.63) is 16.7 Å². The van der Waals surface area contributed by atoms with Crippen LogP contribution in [0.4, 0.5) is 5.13 Å². The maximum absolute atomic E-state index is 5.28. The van der Waals surface area contributed by atoms with Crippen molar-refractivity contribution < 1.29 is 4.74 Å². The van der Waals surface area contributed by atoms with E-state index in [0.29, 0.717) is 0 Å². The Morgan fingerprint density at radius 3 is 3.12 bits per heavy atom. The average Bonchev–Trinajstić information content (AvgIpc) is 2.79. The Labute approximate surface area is 106 Å². The van der Waals surface area contributed by atoms with Crippen molar-refractivity contribution in [3.63, 3.8) is 0 Å². The van der Waals surface area contributed by atoms with E-state index >= 15 is 0 Å². The molecule has 2 heterocycles. The van der Waals surface area contributed by atoms with Crippen molar-refractivity contribution in [1.29, 1.82) is 0 Å². The van der Waals surface area contributed by atoms with Crippen molar-refractivity contribution in [1.82, 2.24) is 10.2 Å². The lowest BCUT2D eigenvalue weighted by Crippen LogP contribution is -2.08. The molecule has 1 N–H and O–H groups in total. The zero-order chi connectivity index (χ0) is 11.9. The zero-order valence-electron chi connectivity index (χ0n) is 10.2. The normalized spacial score (nSPS) is 15.7. The van der Waals surface area contributed by atoms with E-state index in [0.717, 1.165) is 55.6 Å². The van der Waals surface area contributed by atoms with Crippen LogP contribution in [0.5, 0.6) is 0 Å². The molecule has 0 fully saturated rings. The SMILES string of the molecule is CCCc1nnc(NCCC2=CCOCC2)s1. The summed E-state index contributed by atoms with van der Waals surface area (Å²) in [5.41, 5.74) is 1.49. The first-order valence-electron chi connectivity index (χ1n) is 6.20. The first-order valence-corrected chi connectivity index (χ1v) is 7.02. The molecule has 5 heteroatoms. The van der Waals surface area contributed by atoms with Gasteiger partial charge in [-0.2, -0.15) is 0 Å². The third-order valence-electron chi connectivity index (χ3n) is 2.71. The van der Waals surface area contributed by atoms with Crippen LogP contribution in [0.25, 0.3) is 0 Å². The minimum atomic E-state index is 0.773. The van der Waals surface area contributed by atoms with Gasteiger partial charge < -0.3 is 10.1 Å². The molecule has 2 rings (SSSR count). The Kier molecular flexibility index (Phi) is 4.94. The summed E-state index contributed by atoms with van der Waals surface area (Å²) >= 11 is 1.67. The van der Waals surface area contributed by atoms with Gasteiger partial charge in [0.15, 0.2) is 0 Å². The second-order valence-electron chi connectivity index (χ2n) is 4.12. The number of anilines is 1. The van der Waals surface area contributed by atoms with Crippen molar-refractivity contribution in [2.24, 2.45) is 0 Å². The fourth-order valence-corrected chi connectivity index (χ4v) is 2.63. The van der Waals surface area contributed by atoms with Gasteiger partial charge in [-0.1, -0.05) is 29.9 Å². The van der Waals surface area contributed by atoms with Crippen molar-refractivity contribution in [2.45, 2.75) is 32.6 Å². The van der Waals surface area contributed by atoms with Crippen LogP contribution >= 0.6 is 11.3 Å². The van der Waals surface area contributed by atoms with Crippen LogP contribution in [0.1, 0.15) is 31.2 Å². The summed E-state index contributed by atoms with van der Waals surface area (Å²) in [5.74, 6) is 0. The zero-order valence-corrected chi connectivity index (χ0v) is 11.1. The van der Waals surface area contributed by atoms with Crippen molar-refractivity contribution >= 4 is 16.5 Å². The number of hydrogen-bond donors (Lipinski definition) is 1. The molecule has 0 aromatic carbocycles. The van der Waals surface area contributed by atoms with E-state index in [1.807, 2.05) is 0 Å². The molecule has 0 spiro atoms. The fraction of sp³-hybridized carbons (Fsp3) is 0.667. The molecule has 0 saturated heterocycles. The predicted molar refractivity (Wildman–Crippen MR) is 70.5 cm³/mol. The van der Waals surface area contributed by atoms with Gasteiger partial charge in [0.25, 0.3) is 0 Å². The topological polar surface area (TPSA) is 47.0 Å². The largest absolute Gasteiger partial charge is 0.377 e. The highest BCUT2D eigenvalue weighted by Crippen LogP contribution is 2.17. The molecule has 0 amide bonds. The fourth-order valence-electron chi connectivity index (χ4n) is 1.76. The minimum Gasteiger partial charge on any atom is -0.377 e. The Bertz CT molecular complexity index is 376. The number of ether oxygens (including phenoxy) is 1. The summed E-state index contributed by atoms with van der Waals surface area (Å²) in [7, 11) is 0. The van der Waals surface area contributed by atoms with E-state index in [-0.39, 0.29) is 0 Å². The Morgan fingerprint density at radius 2 is 2.35 bits per heavy atom. The maximum atomic E-state index is 5.28. The molecular weight excluding hydrogens is 234 g/mol. The molecule has 1 aliphatic heterocycles. The molecule has 0 radical (unpaired) electrons. The molecule has 17 heavy (non-hydrogen) atoms. The molecule has 0 bridgehead atoms. The van der Waals surface area contributed by atoms with Crippen LogP contribution in [-0.4, -0.2) is 30.0 Å². The van der Waals surface area contributed by atoms with E-state index in [4.69, 9.17) is 4.74 Å². The Morgan fingerprint density at radius 1 is 1.41 bits per heavy atom. The molecule has 0 atom stereocenters. The van der Waals surface area contributed by atoms with Crippen molar-refractivity contribution in [3.8, 4) is 0 Å². The van der Waals surface area contributed by atoms with Crippen LogP contribution in [0.2, 0.25) is 0 Å². The highest BCUT2D eigenvalue weighted by molar-refractivity contribution is 7.15. The van der Waals surface area contributed by atoms with E-state index in [2.05, 4.69) is 28.5 Å². The summed E-state index contributed by atoms with van der Waals surface area (Å²) in [6.45, 7) is 4.73. The van der Waals surface area contributed by atoms with Crippen LogP contribution in [0.3, 0.4) is 0 Å².